The zero-order chi connectivity index (χ0) is 14.0. The monoisotopic (exact) mass is 261 g/mol. The fraction of sp³-hybridized carbons (Fsp3) is 0.500. The summed E-state index contributed by atoms with van der Waals surface area (Å²) in [6.07, 6.45) is 0. The molecule has 2 aromatic rings. The van der Waals surface area contributed by atoms with Crippen LogP contribution in [0.2, 0.25) is 0 Å². The highest BCUT2D eigenvalue weighted by atomic mass is 16.5. The summed E-state index contributed by atoms with van der Waals surface area (Å²) in [4.78, 5) is 0. The van der Waals surface area contributed by atoms with E-state index in [4.69, 9.17) is 9.15 Å². The Kier molecular flexibility index (Phi) is 3.97. The third-order valence-corrected chi connectivity index (χ3v) is 3.34. The largest absolute Gasteiger partial charge is 0.459 e. The lowest BCUT2D eigenvalue weighted by atomic mass is 9.86. The van der Waals surface area contributed by atoms with Gasteiger partial charge in [0.25, 0.3) is 0 Å². The first kappa shape index (κ1) is 14.1. The number of benzene rings is 1. The standard InChI is InChI=1S/C16H23NO2/c1-16(2,3)13-8-6-7-11-12(10-18-5)14(9-17-4)19-15(11)13/h6-8,17H,9-10H2,1-5H3. The molecule has 0 saturated carbocycles. The van der Waals surface area contributed by atoms with Gasteiger partial charge in [0.05, 0.1) is 13.2 Å². The molecule has 0 aliphatic heterocycles. The van der Waals surface area contributed by atoms with Gasteiger partial charge in [0.1, 0.15) is 11.3 Å². The highest BCUT2D eigenvalue weighted by molar-refractivity contribution is 5.85. The van der Waals surface area contributed by atoms with Crippen molar-refractivity contribution < 1.29 is 9.15 Å². The van der Waals surface area contributed by atoms with Crippen LogP contribution in [-0.4, -0.2) is 14.2 Å². The summed E-state index contributed by atoms with van der Waals surface area (Å²) in [6, 6.07) is 6.36. The van der Waals surface area contributed by atoms with Crippen molar-refractivity contribution in [2.45, 2.75) is 39.3 Å². The molecular formula is C16H23NO2. The molecule has 0 unspecified atom stereocenters. The zero-order valence-corrected chi connectivity index (χ0v) is 12.5. The average Bonchev–Trinajstić information content (AvgIpc) is 2.67. The highest BCUT2D eigenvalue weighted by Crippen LogP contribution is 2.35. The minimum atomic E-state index is 0.0681. The van der Waals surface area contributed by atoms with Crippen LogP contribution in [-0.2, 0) is 23.3 Å². The first-order valence-corrected chi connectivity index (χ1v) is 6.66. The van der Waals surface area contributed by atoms with Crippen LogP contribution in [0.1, 0.15) is 37.7 Å². The number of rotatable bonds is 4. The average molecular weight is 261 g/mol. The van der Waals surface area contributed by atoms with E-state index in [2.05, 4.69) is 44.3 Å². The van der Waals surface area contributed by atoms with Gasteiger partial charge in [-0.05, 0) is 12.5 Å². The van der Waals surface area contributed by atoms with E-state index in [-0.39, 0.29) is 5.41 Å². The zero-order valence-electron chi connectivity index (χ0n) is 12.5. The highest BCUT2D eigenvalue weighted by Gasteiger charge is 2.22. The molecule has 0 spiro atoms. The van der Waals surface area contributed by atoms with Gasteiger partial charge in [0.15, 0.2) is 0 Å². The fourth-order valence-electron chi connectivity index (χ4n) is 2.42. The van der Waals surface area contributed by atoms with Gasteiger partial charge in [0.2, 0.25) is 0 Å². The van der Waals surface area contributed by atoms with Crippen LogP contribution < -0.4 is 5.32 Å². The molecule has 3 heteroatoms. The number of hydrogen-bond donors (Lipinski definition) is 1. The lowest BCUT2D eigenvalue weighted by molar-refractivity contribution is 0.183. The Morgan fingerprint density at radius 3 is 2.58 bits per heavy atom. The molecule has 19 heavy (non-hydrogen) atoms. The van der Waals surface area contributed by atoms with E-state index in [1.54, 1.807) is 7.11 Å². The minimum absolute atomic E-state index is 0.0681. The molecule has 104 valence electrons. The first-order chi connectivity index (χ1) is 8.99. The summed E-state index contributed by atoms with van der Waals surface area (Å²) in [6.45, 7) is 7.92. The number of furan rings is 1. The molecule has 0 bridgehead atoms. The third-order valence-electron chi connectivity index (χ3n) is 3.34. The van der Waals surface area contributed by atoms with E-state index in [1.807, 2.05) is 7.05 Å². The quantitative estimate of drug-likeness (QED) is 0.913. The van der Waals surface area contributed by atoms with Gasteiger partial charge in [-0.2, -0.15) is 0 Å². The molecule has 2 rings (SSSR count). The minimum Gasteiger partial charge on any atom is -0.459 e. The summed E-state index contributed by atoms with van der Waals surface area (Å²) in [7, 11) is 3.64. The van der Waals surface area contributed by atoms with E-state index in [0.29, 0.717) is 6.61 Å². The number of hydrogen-bond acceptors (Lipinski definition) is 3. The van der Waals surface area contributed by atoms with E-state index in [0.717, 1.165) is 23.5 Å². The Hall–Kier alpha value is -1.32. The van der Waals surface area contributed by atoms with Gasteiger partial charge in [-0.25, -0.2) is 0 Å². The Morgan fingerprint density at radius 2 is 2.00 bits per heavy atom. The smallest absolute Gasteiger partial charge is 0.138 e. The van der Waals surface area contributed by atoms with Crippen molar-refractivity contribution in [2.24, 2.45) is 0 Å². The Bertz CT molecular complexity index is 564. The summed E-state index contributed by atoms with van der Waals surface area (Å²) >= 11 is 0. The lowest BCUT2D eigenvalue weighted by Crippen LogP contribution is -2.11. The Morgan fingerprint density at radius 1 is 1.26 bits per heavy atom. The molecule has 0 fully saturated rings. The van der Waals surface area contributed by atoms with Crippen molar-refractivity contribution in [3.05, 3.63) is 35.1 Å². The molecule has 1 N–H and O–H groups in total. The third kappa shape index (κ3) is 2.67. The van der Waals surface area contributed by atoms with Crippen LogP contribution in [0, 0.1) is 0 Å². The first-order valence-electron chi connectivity index (χ1n) is 6.66. The van der Waals surface area contributed by atoms with Crippen molar-refractivity contribution in [1.29, 1.82) is 0 Å². The summed E-state index contributed by atoms with van der Waals surface area (Å²) in [5.74, 6) is 0.969. The summed E-state index contributed by atoms with van der Waals surface area (Å²) in [5, 5.41) is 4.32. The Balaban J connectivity index is 2.67. The van der Waals surface area contributed by atoms with Crippen LogP contribution >= 0.6 is 0 Å². The van der Waals surface area contributed by atoms with Gasteiger partial charge in [-0.1, -0.05) is 39.0 Å². The number of para-hydroxylation sites is 1. The number of methoxy groups -OCH3 is 1. The maximum absolute atomic E-state index is 6.11. The van der Waals surface area contributed by atoms with Gasteiger partial charge in [-0.15, -0.1) is 0 Å². The van der Waals surface area contributed by atoms with Crippen LogP contribution in [0.5, 0.6) is 0 Å². The van der Waals surface area contributed by atoms with Crippen LogP contribution in [0.25, 0.3) is 11.0 Å². The normalized spacial score (nSPS) is 12.3. The van der Waals surface area contributed by atoms with Gasteiger partial charge >= 0.3 is 0 Å². The predicted molar refractivity (Wildman–Crippen MR) is 78.4 cm³/mol. The van der Waals surface area contributed by atoms with Crippen LogP contribution in [0.15, 0.2) is 22.6 Å². The Labute approximate surface area is 114 Å². The molecule has 1 aromatic carbocycles. The summed E-state index contributed by atoms with van der Waals surface area (Å²) in [5.41, 5.74) is 3.45. The number of ether oxygens (including phenoxy) is 1. The molecule has 0 saturated heterocycles. The van der Waals surface area contributed by atoms with Crippen molar-refractivity contribution in [3.8, 4) is 0 Å². The molecule has 0 radical (unpaired) electrons. The molecule has 1 heterocycles. The van der Waals surface area contributed by atoms with Gasteiger partial charge in [0, 0.05) is 23.6 Å². The van der Waals surface area contributed by atoms with Gasteiger partial charge < -0.3 is 14.5 Å². The van der Waals surface area contributed by atoms with Crippen LogP contribution in [0.4, 0.5) is 0 Å². The van der Waals surface area contributed by atoms with E-state index < -0.39 is 0 Å². The molecule has 0 aliphatic rings. The van der Waals surface area contributed by atoms with E-state index in [1.165, 1.54) is 10.9 Å². The van der Waals surface area contributed by atoms with Crippen molar-refractivity contribution in [3.63, 3.8) is 0 Å². The molecule has 0 atom stereocenters. The van der Waals surface area contributed by atoms with Gasteiger partial charge in [-0.3, -0.25) is 0 Å². The van der Waals surface area contributed by atoms with Crippen LogP contribution in [0.3, 0.4) is 0 Å². The molecule has 0 aliphatic carbocycles. The van der Waals surface area contributed by atoms with Crippen molar-refractivity contribution >= 4 is 11.0 Å². The predicted octanol–water partition coefficient (Wildman–Crippen LogP) is 3.60. The lowest BCUT2D eigenvalue weighted by Gasteiger charge is -2.18. The van der Waals surface area contributed by atoms with Crippen molar-refractivity contribution in [1.82, 2.24) is 5.32 Å². The maximum atomic E-state index is 6.11. The fourth-order valence-corrected chi connectivity index (χ4v) is 2.42. The second-order valence-electron chi connectivity index (χ2n) is 5.90. The number of nitrogens with one attached hydrogen (secondary N) is 1. The number of fused-ring (bicyclic) bond motifs is 1. The second kappa shape index (κ2) is 5.35. The van der Waals surface area contributed by atoms with E-state index in [9.17, 15) is 0 Å². The molecule has 1 aromatic heterocycles. The molecule has 0 amide bonds. The van der Waals surface area contributed by atoms with Crippen molar-refractivity contribution in [2.75, 3.05) is 14.2 Å². The molecular weight excluding hydrogens is 238 g/mol. The topological polar surface area (TPSA) is 34.4 Å². The second-order valence-corrected chi connectivity index (χ2v) is 5.90. The van der Waals surface area contributed by atoms with E-state index >= 15 is 0 Å². The maximum Gasteiger partial charge on any atom is 0.138 e. The SMILES string of the molecule is CNCc1oc2c(C(C)(C)C)cccc2c1COC. The molecule has 3 nitrogen and oxygen atoms in total. The summed E-state index contributed by atoms with van der Waals surface area (Å²) < 4.78 is 11.4.